The van der Waals surface area contributed by atoms with Gasteiger partial charge in [-0.05, 0) is 12.1 Å². The minimum atomic E-state index is -0.187. The first-order valence-corrected chi connectivity index (χ1v) is 5.17. The molecule has 0 aliphatic carbocycles. The van der Waals surface area contributed by atoms with E-state index in [-0.39, 0.29) is 6.03 Å². The number of para-hydroxylation sites is 1. The molecule has 17 heavy (non-hydrogen) atoms. The largest absolute Gasteiger partial charge is 0.321 e. The van der Waals surface area contributed by atoms with Gasteiger partial charge in [-0.15, -0.1) is 0 Å². The maximum atomic E-state index is 11.8. The lowest BCUT2D eigenvalue weighted by atomic mass is 10.3. The summed E-state index contributed by atoms with van der Waals surface area (Å²) in [5.41, 5.74) is 0.766. The van der Waals surface area contributed by atoms with Crippen LogP contribution in [0.5, 0.6) is 0 Å². The Hall–Kier alpha value is -2.37. The molecule has 6 nitrogen and oxygen atoms in total. The average Bonchev–Trinajstić information content (AvgIpc) is 2.83. The molecule has 2 amide bonds. The minimum absolute atomic E-state index is 0.187. The van der Waals surface area contributed by atoms with Crippen molar-refractivity contribution in [2.24, 2.45) is 0 Å². The first kappa shape index (κ1) is 11.1. The number of urea groups is 1. The monoisotopic (exact) mass is 231 g/mol. The van der Waals surface area contributed by atoms with Crippen molar-refractivity contribution in [3.8, 4) is 0 Å². The number of amides is 2. The highest BCUT2D eigenvalue weighted by Gasteiger charge is 2.10. The fourth-order valence-electron chi connectivity index (χ4n) is 1.34. The van der Waals surface area contributed by atoms with E-state index in [0.29, 0.717) is 12.4 Å². The number of carbonyl (C=O) groups excluding carboxylic acids is 1. The third kappa shape index (κ3) is 3.04. The second-order valence-corrected chi connectivity index (χ2v) is 3.58. The molecule has 1 heterocycles. The first-order chi connectivity index (χ1) is 8.25. The summed E-state index contributed by atoms with van der Waals surface area (Å²) in [4.78, 5) is 17.3. The van der Waals surface area contributed by atoms with Crippen LogP contribution in [0.2, 0.25) is 0 Å². The molecular weight excluding hydrogens is 218 g/mol. The van der Waals surface area contributed by atoms with E-state index < -0.39 is 0 Å². The quantitative estimate of drug-likeness (QED) is 0.840. The van der Waals surface area contributed by atoms with E-state index in [1.165, 1.54) is 11.2 Å². The Morgan fingerprint density at radius 3 is 2.82 bits per heavy atom. The van der Waals surface area contributed by atoms with Gasteiger partial charge in [0.05, 0.1) is 6.54 Å². The zero-order chi connectivity index (χ0) is 12.1. The molecule has 2 aromatic rings. The van der Waals surface area contributed by atoms with Crippen LogP contribution in [0.1, 0.15) is 5.82 Å². The van der Waals surface area contributed by atoms with Gasteiger partial charge in [-0.25, -0.2) is 9.78 Å². The van der Waals surface area contributed by atoms with E-state index >= 15 is 0 Å². The molecule has 0 saturated carbocycles. The Bertz CT molecular complexity index is 468. The molecule has 0 bridgehead atoms. The second kappa shape index (κ2) is 5.11. The molecule has 1 aromatic heterocycles. The van der Waals surface area contributed by atoms with Crippen molar-refractivity contribution >= 4 is 11.7 Å². The van der Waals surface area contributed by atoms with Crippen LogP contribution in [0.4, 0.5) is 10.5 Å². The third-order valence-electron chi connectivity index (χ3n) is 2.22. The lowest BCUT2D eigenvalue weighted by Crippen LogP contribution is -2.31. The van der Waals surface area contributed by atoms with Crippen molar-refractivity contribution < 1.29 is 4.79 Å². The van der Waals surface area contributed by atoms with E-state index in [4.69, 9.17) is 0 Å². The fourth-order valence-corrected chi connectivity index (χ4v) is 1.34. The van der Waals surface area contributed by atoms with Crippen molar-refractivity contribution in [3.05, 3.63) is 42.5 Å². The number of benzene rings is 1. The molecule has 0 radical (unpaired) electrons. The molecule has 2 rings (SSSR count). The number of H-pyrrole nitrogens is 1. The topological polar surface area (TPSA) is 73.9 Å². The Kier molecular flexibility index (Phi) is 3.34. The van der Waals surface area contributed by atoms with Gasteiger partial charge in [-0.2, -0.15) is 5.10 Å². The summed E-state index contributed by atoms with van der Waals surface area (Å²) in [5.74, 6) is 0.649. The van der Waals surface area contributed by atoms with Gasteiger partial charge in [0.1, 0.15) is 12.2 Å². The highest BCUT2D eigenvalue weighted by molar-refractivity contribution is 5.88. The van der Waals surface area contributed by atoms with Gasteiger partial charge in [-0.3, -0.25) is 5.10 Å². The van der Waals surface area contributed by atoms with E-state index in [1.54, 1.807) is 7.05 Å². The summed E-state index contributed by atoms with van der Waals surface area (Å²) >= 11 is 0. The standard InChI is InChI=1S/C11H13N5O/c1-16(7-10-12-8-13-15-10)11(17)14-9-5-3-2-4-6-9/h2-6,8H,7H2,1H3,(H,14,17)(H,12,13,15). The predicted octanol–water partition coefficient (Wildman–Crippen LogP) is 1.47. The van der Waals surface area contributed by atoms with Crippen LogP contribution in [0.3, 0.4) is 0 Å². The zero-order valence-electron chi connectivity index (χ0n) is 9.42. The maximum Gasteiger partial charge on any atom is 0.321 e. The number of rotatable bonds is 3. The summed E-state index contributed by atoms with van der Waals surface area (Å²) in [5, 5.41) is 9.21. The molecule has 0 fully saturated rings. The Labute approximate surface area is 98.7 Å². The van der Waals surface area contributed by atoms with Gasteiger partial charge < -0.3 is 10.2 Å². The molecular formula is C11H13N5O. The lowest BCUT2D eigenvalue weighted by molar-refractivity contribution is 0.219. The smallest absolute Gasteiger partial charge is 0.320 e. The van der Waals surface area contributed by atoms with Crippen molar-refractivity contribution in [2.45, 2.75) is 6.54 Å². The van der Waals surface area contributed by atoms with Gasteiger partial charge in [0, 0.05) is 12.7 Å². The van der Waals surface area contributed by atoms with E-state index in [1.807, 2.05) is 30.3 Å². The Morgan fingerprint density at radius 1 is 1.41 bits per heavy atom. The number of carbonyl (C=O) groups is 1. The second-order valence-electron chi connectivity index (χ2n) is 3.58. The highest BCUT2D eigenvalue weighted by atomic mass is 16.2. The lowest BCUT2D eigenvalue weighted by Gasteiger charge is -2.16. The molecule has 0 spiro atoms. The first-order valence-electron chi connectivity index (χ1n) is 5.17. The van der Waals surface area contributed by atoms with Gasteiger partial charge in [0.25, 0.3) is 0 Å². The number of hydrogen-bond acceptors (Lipinski definition) is 3. The van der Waals surface area contributed by atoms with Crippen LogP contribution in [0.25, 0.3) is 0 Å². The van der Waals surface area contributed by atoms with Crippen molar-refractivity contribution in [1.29, 1.82) is 0 Å². The fraction of sp³-hybridized carbons (Fsp3) is 0.182. The number of anilines is 1. The van der Waals surface area contributed by atoms with Crippen molar-refractivity contribution in [1.82, 2.24) is 20.1 Å². The molecule has 0 aliphatic rings. The Morgan fingerprint density at radius 2 is 2.18 bits per heavy atom. The summed E-state index contributed by atoms with van der Waals surface area (Å²) in [7, 11) is 1.70. The summed E-state index contributed by atoms with van der Waals surface area (Å²) in [6.45, 7) is 0.388. The van der Waals surface area contributed by atoms with E-state index in [0.717, 1.165) is 5.69 Å². The molecule has 0 saturated heterocycles. The zero-order valence-corrected chi connectivity index (χ0v) is 9.42. The van der Waals surface area contributed by atoms with Crippen molar-refractivity contribution in [2.75, 3.05) is 12.4 Å². The molecule has 1 aromatic carbocycles. The van der Waals surface area contributed by atoms with Crippen LogP contribution in [-0.2, 0) is 6.54 Å². The third-order valence-corrected chi connectivity index (χ3v) is 2.22. The highest BCUT2D eigenvalue weighted by Crippen LogP contribution is 2.06. The Balaban J connectivity index is 1.92. The molecule has 88 valence electrons. The number of nitrogens with zero attached hydrogens (tertiary/aromatic N) is 3. The number of aromatic amines is 1. The SMILES string of the molecule is CN(Cc1ncn[nH]1)C(=O)Nc1ccccc1. The molecule has 6 heteroatoms. The van der Waals surface area contributed by atoms with E-state index in [9.17, 15) is 4.79 Å². The summed E-state index contributed by atoms with van der Waals surface area (Å²) in [6, 6.07) is 9.11. The van der Waals surface area contributed by atoms with Gasteiger partial charge in [0.15, 0.2) is 0 Å². The number of hydrogen-bond donors (Lipinski definition) is 2. The van der Waals surface area contributed by atoms with Gasteiger partial charge in [0.2, 0.25) is 0 Å². The van der Waals surface area contributed by atoms with Gasteiger partial charge >= 0.3 is 6.03 Å². The van der Waals surface area contributed by atoms with Crippen LogP contribution < -0.4 is 5.32 Å². The molecule has 2 N–H and O–H groups in total. The molecule has 0 aliphatic heterocycles. The normalized spacial score (nSPS) is 9.94. The van der Waals surface area contributed by atoms with Crippen LogP contribution in [0, 0.1) is 0 Å². The average molecular weight is 231 g/mol. The van der Waals surface area contributed by atoms with Crippen LogP contribution in [0.15, 0.2) is 36.7 Å². The maximum absolute atomic E-state index is 11.8. The summed E-state index contributed by atoms with van der Waals surface area (Å²) < 4.78 is 0. The summed E-state index contributed by atoms with van der Waals surface area (Å²) in [6.07, 6.45) is 1.41. The molecule has 0 unspecified atom stereocenters. The molecule has 0 atom stereocenters. The predicted molar refractivity (Wildman–Crippen MR) is 63.3 cm³/mol. The number of nitrogens with one attached hydrogen (secondary N) is 2. The van der Waals surface area contributed by atoms with Gasteiger partial charge in [-0.1, -0.05) is 18.2 Å². The van der Waals surface area contributed by atoms with E-state index in [2.05, 4.69) is 20.5 Å². The number of aromatic nitrogens is 3. The van der Waals surface area contributed by atoms with Crippen LogP contribution in [-0.4, -0.2) is 33.2 Å². The van der Waals surface area contributed by atoms with Crippen molar-refractivity contribution in [3.63, 3.8) is 0 Å². The van der Waals surface area contributed by atoms with Crippen LogP contribution >= 0.6 is 0 Å². The minimum Gasteiger partial charge on any atom is -0.320 e.